The van der Waals surface area contributed by atoms with Crippen LogP contribution in [0, 0.1) is 6.92 Å². The van der Waals surface area contributed by atoms with Gasteiger partial charge in [0.15, 0.2) is 0 Å². The van der Waals surface area contributed by atoms with Crippen LogP contribution in [0.2, 0.25) is 0 Å². The molecule has 7 heteroatoms. The van der Waals surface area contributed by atoms with Crippen LogP contribution in [0.15, 0.2) is 77.7 Å². The van der Waals surface area contributed by atoms with Gasteiger partial charge in [-0.1, -0.05) is 35.9 Å². The van der Waals surface area contributed by atoms with Crippen molar-refractivity contribution in [2.45, 2.75) is 31.6 Å². The molecule has 0 radical (unpaired) electrons. The predicted molar refractivity (Wildman–Crippen MR) is 130 cm³/mol. The Kier molecular flexibility index (Phi) is 6.70. The molecule has 172 valence electrons. The fraction of sp³-hybridized carbons (Fsp3) is 0.269. The molecule has 0 saturated carbocycles. The normalized spacial score (nSPS) is 13.3. The van der Waals surface area contributed by atoms with E-state index in [0.29, 0.717) is 24.6 Å². The molecule has 33 heavy (non-hydrogen) atoms. The molecule has 0 N–H and O–H groups in total. The number of rotatable bonds is 7. The van der Waals surface area contributed by atoms with Crippen molar-refractivity contribution in [2.24, 2.45) is 0 Å². The Labute approximate surface area is 195 Å². The van der Waals surface area contributed by atoms with Gasteiger partial charge in [0.05, 0.1) is 17.2 Å². The van der Waals surface area contributed by atoms with E-state index in [1.165, 1.54) is 16.4 Å². The quantitative estimate of drug-likeness (QED) is 0.514. The molecule has 0 saturated heterocycles. The van der Waals surface area contributed by atoms with Crippen molar-refractivity contribution in [3.63, 3.8) is 0 Å². The number of para-hydroxylation sites is 1. The van der Waals surface area contributed by atoms with Crippen LogP contribution in [0.25, 0.3) is 0 Å². The van der Waals surface area contributed by atoms with E-state index in [1.807, 2.05) is 50.2 Å². The van der Waals surface area contributed by atoms with Crippen LogP contribution in [0.4, 0.5) is 11.4 Å². The summed E-state index contributed by atoms with van der Waals surface area (Å²) in [4.78, 5) is 15.2. The summed E-state index contributed by atoms with van der Waals surface area (Å²) < 4.78 is 34.0. The number of ether oxygens (including phenoxy) is 1. The van der Waals surface area contributed by atoms with Gasteiger partial charge in [-0.15, -0.1) is 0 Å². The summed E-state index contributed by atoms with van der Waals surface area (Å²) in [5.41, 5.74) is 3.42. The van der Waals surface area contributed by atoms with Gasteiger partial charge in [0.1, 0.15) is 12.3 Å². The SMILES string of the molecule is CCOc1ccc(S(=O)(=O)N(CC(=O)N2CCCc3ccccc32)c2ccc(C)cc2)cc1. The van der Waals surface area contributed by atoms with Gasteiger partial charge in [-0.2, -0.15) is 0 Å². The Morgan fingerprint density at radius 3 is 2.39 bits per heavy atom. The molecule has 0 unspecified atom stereocenters. The summed E-state index contributed by atoms with van der Waals surface area (Å²) >= 11 is 0. The van der Waals surface area contributed by atoms with Crippen LogP contribution in [0.5, 0.6) is 5.75 Å². The second-order valence-corrected chi connectivity index (χ2v) is 9.89. The van der Waals surface area contributed by atoms with Crippen molar-refractivity contribution in [3.05, 3.63) is 83.9 Å². The molecule has 0 spiro atoms. The summed E-state index contributed by atoms with van der Waals surface area (Å²) in [7, 11) is -3.98. The molecule has 3 aromatic carbocycles. The molecule has 1 heterocycles. The highest BCUT2D eigenvalue weighted by atomic mass is 32.2. The third kappa shape index (κ3) is 4.88. The third-order valence-electron chi connectivity index (χ3n) is 5.73. The standard InChI is InChI=1S/C26H28N2O4S/c1-3-32-23-14-16-24(17-15-23)33(30,31)28(22-12-10-20(2)11-13-22)19-26(29)27-18-6-8-21-7-4-5-9-25(21)27/h4-5,7,9-17H,3,6,8,18-19H2,1-2H3. The smallest absolute Gasteiger partial charge is 0.264 e. The summed E-state index contributed by atoms with van der Waals surface area (Å²) in [6.07, 6.45) is 1.75. The molecule has 0 aromatic heterocycles. The Hall–Kier alpha value is -3.32. The van der Waals surface area contributed by atoms with Crippen LogP contribution in [-0.4, -0.2) is 34.0 Å². The lowest BCUT2D eigenvalue weighted by molar-refractivity contribution is -0.117. The maximum Gasteiger partial charge on any atom is 0.264 e. The predicted octanol–water partition coefficient (Wildman–Crippen LogP) is 4.57. The van der Waals surface area contributed by atoms with Gasteiger partial charge in [-0.25, -0.2) is 8.42 Å². The molecular formula is C26H28N2O4S. The van der Waals surface area contributed by atoms with E-state index >= 15 is 0 Å². The van der Waals surface area contributed by atoms with E-state index in [9.17, 15) is 13.2 Å². The minimum Gasteiger partial charge on any atom is -0.494 e. The number of aryl methyl sites for hydroxylation is 2. The van der Waals surface area contributed by atoms with E-state index in [0.717, 1.165) is 29.7 Å². The molecule has 1 aliphatic heterocycles. The maximum absolute atomic E-state index is 13.7. The first kappa shape index (κ1) is 22.9. The first-order chi connectivity index (χ1) is 15.9. The molecule has 0 aliphatic carbocycles. The fourth-order valence-corrected chi connectivity index (χ4v) is 5.44. The molecule has 3 aromatic rings. The second-order valence-electron chi connectivity index (χ2n) is 8.03. The fourth-order valence-electron chi connectivity index (χ4n) is 4.03. The second kappa shape index (κ2) is 9.67. The monoisotopic (exact) mass is 464 g/mol. The number of hydrogen-bond acceptors (Lipinski definition) is 4. The molecule has 0 atom stereocenters. The summed E-state index contributed by atoms with van der Waals surface area (Å²) in [6, 6.07) is 21.3. The Balaban J connectivity index is 1.69. The topological polar surface area (TPSA) is 66.9 Å². The van der Waals surface area contributed by atoms with E-state index in [2.05, 4.69) is 0 Å². The van der Waals surface area contributed by atoms with Gasteiger partial charge < -0.3 is 9.64 Å². The highest BCUT2D eigenvalue weighted by Crippen LogP contribution is 2.29. The van der Waals surface area contributed by atoms with Crippen molar-refractivity contribution >= 4 is 27.3 Å². The number of carbonyl (C=O) groups is 1. The number of hydrogen-bond donors (Lipinski definition) is 0. The van der Waals surface area contributed by atoms with E-state index in [-0.39, 0.29) is 17.3 Å². The van der Waals surface area contributed by atoms with Gasteiger partial charge in [0, 0.05) is 12.2 Å². The lowest BCUT2D eigenvalue weighted by Crippen LogP contribution is -2.45. The average Bonchev–Trinajstić information content (AvgIpc) is 2.83. The van der Waals surface area contributed by atoms with Crippen LogP contribution < -0.4 is 13.9 Å². The number of benzene rings is 3. The van der Waals surface area contributed by atoms with E-state index in [4.69, 9.17) is 4.74 Å². The van der Waals surface area contributed by atoms with Crippen molar-refractivity contribution < 1.29 is 17.9 Å². The average molecular weight is 465 g/mol. The highest BCUT2D eigenvalue weighted by Gasteiger charge is 2.31. The van der Waals surface area contributed by atoms with Gasteiger partial charge in [0.25, 0.3) is 10.0 Å². The summed E-state index contributed by atoms with van der Waals surface area (Å²) in [5.74, 6) is 0.344. The molecule has 0 fully saturated rings. The number of sulfonamides is 1. The summed E-state index contributed by atoms with van der Waals surface area (Å²) in [6.45, 7) is 4.58. The largest absolute Gasteiger partial charge is 0.494 e. The molecule has 1 aliphatic rings. The molecule has 0 bridgehead atoms. The van der Waals surface area contributed by atoms with Crippen LogP contribution in [0.1, 0.15) is 24.5 Å². The highest BCUT2D eigenvalue weighted by molar-refractivity contribution is 7.92. The third-order valence-corrected chi connectivity index (χ3v) is 7.52. The lowest BCUT2D eigenvalue weighted by atomic mass is 10.0. The van der Waals surface area contributed by atoms with Crippen molar-refractivity contribution in [3.8, 4) is 5.75 Å². The zero-order valence-electron chi connectivity index (χ0n) is 18.9. The van der Waals surface area contributed by atoms with E-state index in [1.54, 1.807) is 29.2 Å². The summed E-state index contributed by atoms with van der Waals surface area (Å²) in [5, 5.41) is 0. The number of nitrogens with zero attached hydrogens (tertiary/aromatic N) is 2. The molecular weight excluding hydrogens is 436 g/mol. The minimum absolute atomic E-state index is 0.110. The number of carbonyl (C=O) groups excluding carboxylic acids is 1. The Morgan fingerprint density at radius 1 is 1.00 bits per heavy atom. The molecule has 1 amide bonds. The first-order valence-electron chi connectivity index (χ1n) is 11.1. The minimum atomic E-state index is -3.98. The van der Waals surface area contributed by atoms with Crippen LogP contribution >= 0.6 is 0 Å². The van der Waals surface area contributed by atoms with Gasteiger partial charge in [-0.3, -0.25) is 9.10 Å². The van der Waals surface area contributed by atoms with Crippen LogP contribution in [0.3, 0.4) is 0 Å². The zero-order chi connectivity index (χ0) is 23.4. The number of anilines is 2. The Morgan fingerprint density at radius 2 is 1.70 bits per heavy atom. The zero-order valence-corrected chi connectivity index (χ0v) is 19.7. The van der Waals surface area contributed by atoms with Crippen LogP contribution in [-0.2, 0) is 21.2 Å². The number of fused-ring (bicyclic) bond motifs is 1. The van der Waals surface area contributed by atoms with Crippen molar-refractivity contribution in [1.82, 2.24) is 0 Å². The maximum atomic E-state index is 13.7. The molecule has 6 nitrogen and oxygen atoms in total. The van der Waals surface area contributed by atoms with Gasteiger partial charge >= 0.3 is 0 Å². The van der Waals surface area contributed by atoms with Crippen molar-refractivity contribution in [2.75, 3.05) is 28.9 Å². The van der Waals surface area contributed by atoms with E-state index < -0.39 is 10.0 Å². The van der Waals surface area contributed by atoms with Gasteiger partial charge in [-0.05, 0) is 74.7 Å². The van der Waals surface area contributed by atoms with Crippen molar-refractivity contribution in [1.29, 1.82) is 0 Å². The Bertz CT molecular complexity index is 1220. The van der Waals surface area contributed by atoms with Gasteiger partial charge in [0.2, 0.25) is 5.91 Å². The molecule has 4 rings (SSSR count). The first-order valence-corrected chi connectivity index (χ1v) is 12.5. The number of amides is 1. The lowest BCUT2D eigenvalue weighted by Gasteiger charge is -2.32.